The zero-order valence-electron chi connectivity index (χ0n) is 11.1. The summed E-state index contributed by atoms with van der Waals surface area (Å²) in [6.07, 6.45) is 0. The second kappa shape index (κ2) is 5.54. The number of benzene rings is 2. The number of phenolic OH excluding ortho intramolecular Hbond substituents is 1. The molecule has 0 aliphatic rings. The maximum absolute atomic E-state index is 11.1. The Morgan fingerprint density at radius 2 is 1.95 bits per heavy atom. The Morgan fingerprint density at radius 3 is 2.67 bits per heavy atom. The molecule has 1 atom stereocenters. The van der Waals surface area contributed by atoms with Crippen molar-refractivity contribution in [2.45, 2.75) is 5.92 Å². The van der Waals surface area contributed by atoms with Crippen LogP contribution in [-0.2, 0) is 0 Å². The third-order valence-electron chi connectivity index (χ3n) is 3.51. The summed E-state index contributed by atoms with van der Waals surface area (Å²) in [6.45, 7) is -0.234. The monoisotopic (exact) mass is 299 g/mol. The van der Waals surface area contributed by atoms with Gasteiger partial charge in [0.05, 0.1) is 5.92 Å². The van der Waals surface area contributed by atoms with Gasteiger partial charge in [0.25, 0.3) is 0 Å². The minimum Gasteiger partial charge on any atom is -0.508 e. The van der Waals surface area contributed by atoms with Gasteiger partial charge in [0.15, 0.2) is 0 Å². The third-order valence-corrected chi connectivity index (χ3v) is 4.50. The number of hydrogen-bond acceptors (Lipinski definition) is 4. The summed E-state index contributed by atoms with van der Waals surface area (Å²) in [5.74, 6) is -0.333. The molecule has 4 nitrogen and oxygen atoms in total. The molecule has 0 saturated carbocycles. The van der Waals surface area contributed by atoms with Gasteiger partial charge in [0.2, 0.25) is 6.54 Å². The predicted molar refractivity (Wildman–Crippen MR) is 83.6 cm³/mol. The maximum atomic E-state index is 11.1. The Balaban J connectivity index is 2.23. The molecule has 1 N–H and O–H groups in total. The number of hydrogen-bond donors (Lipinski definition) is 1. The second-order valence-corrected chi connectivity index (χ2v) is 5.78. The van der Waals surface area contributed by atoms with Crippen LogP contribution in [0.2, 0.25) is 0 Å². The molecule has 3 aromatic rings. The van der Waals surface area contributed by atoms with E-state index in [-0.39, 0.29) is 17.2 Å². The summed E-state index contributed by atoms with van der Waals surface area (Å²) >= 11 is 1.47. The average Bonchev–Trinajstić information content (AvgIpc) is 2.99. The largest absolute Gasteiger partial charge is 0.508 e. The molecular weight excluding hydrogens is 286 g/mol. The van der Waals surface area contributed by atoms with Crippen LogP contribution in [0, 0.1) is 10.1 Å². The minimum atomic E-state index is -0.439. The van der Waals surface area contributed by atoms with Crippen LogP contribution in [0.5, 0.6) is 5.75 Å². The SMILES string of the molecule is O=[N+]([O-])C[C@@H](c1cccs1)c1c(O)ccc2ccccc12. The molecule has 0 unspecified atom stereocenters. The smallest absolute Gasteiger partial charge is 0.215 e. The molecule has 1 heterocycles. The Kier molecular flexibility index (Phi) is 3.58. The molecule has 0 saturated heterocycles. The number of nitrogens with zero attached hydrogens (tertiary/aromatic N) is 1. The second-order valence-electron chi connectivity index (χ2n) is 4.80. The highest BCUT2D eigenvalue weighted by atomic mass is 32.1. The van der Waals surface area contributed by atoms with Crippen molar-refractivity contribution in [3.63, 3.8) is 0 Å². The summed E-state index contributed by atoms with van der Waals surface area (Å²) in [4.78, 5) is 11.6. The van der Waals surface area contributed by atoms with Crippen molar-refractivity contribution in [2.75, 3.05) is 6.54 Å². The predicted octanol–water partition coefficient (Wildman–Crippen LogP) is 4.02. The van der Waals surface area contributed by atoms with Gasteiger partial charge in [-0.25, -0.2) is 0 Å². The van der Waals surface area contributed by atoms with Crippen molar-refractivity contribution >= 4 is 22.1 Å². The standard InChI is InChI=1S/C16H13NO3S/c18-14-8-7-11-4-1-2-5-12(11)16(14)13(10-17(19)20)15-6-3-9-21-15/h1-9,13,18H,10H2/t13-/m0/s1. The number of thiophene rings is 1. The van der Waals surface area contributed by atoms with Crippen molar-refractivity contribution < 1.29 is 10.0 Å². The highest BCUT2D eigenvalue weighted by molar-refractivity contribution is 7.10. The van der Waals surface area contributed by atoms with Gasteiger partial charge in [-0.3, -0.25) is 10.1 Å². The van der Waals surface area contributed by atoms with Crippen molar-refractivity contribution in [3.05, 3.63) is 74.5 Å². The first-order valence-corrected chi connectivity index (χ1v) is 7.40. The van der Waals surface area contributed by atoms with E-state index in [2.05, 4.69) is 0 Å². The Bertz CT molecular complexity index is 783. The molecule has 0 amide bonds. The fourth-order valence-corrected chi connectivity index (χ4v) is 3.44. The first-order valence-electron chi connectivity index (χ1n) is 6.52. The van der Waals surface area contributed by atoms with E-state index < -0.39 is 5.92 Å². The maximum Gasteiger partial charge on any atom is 0.215 e. The van der Waals surface area contributed by atoms with Crippen LogP contribution in [0.1, 0.15) is 16.4 Å². The highest BCUT2D eigenvalue weighted by Gasteiger charge is 2.25. The number of nitro groups is 1. The molecule has 0 aliphatic heterocycles. The Morgan fingerprint density at radius 1 is 1.14 bits per heavy atom. The first kappa shape index (κ1) is 13.6. The van der Waals surface area contributed by atoms with Gasteiger partial charge in [-0.1, -0.05) is 36.4 Å². The quantitative estimate of drug-likeness (QED) is 0.584. The fourth-order valence-electron chi connectivity index (χ4n) is 2.61. The van der Waals surface area contributed by atoms with Crippen LogP contribution < -0.4 is 0 Å². The van der Waals surface area contributed by atoms with Gasteiger partial charge >= 0.3 is 0 Å². The van der Waals surface area contributed by atoms with Gasteiger partial charge in [-0.05, 0) is 28.3 Å². The number of rotatable bonds is 4. The molecule has 0 bridgehead atoms. The van der Waals surface area contributed by atoms with Crippen molar-refractivity contribution in [3.8, 4) is 5.75 Å². The van der Waals surface area contributed by atoms with E-state index in [9.17, 15) is 15.2 Å². The molecule has 0 spiro atoms. The van der Waals surface area contributed by atoms with E-state index in [1.54, 1.807) is 6.07 Å². The summed E-state index contributed by atoms with van der Waals surface area (Å²) in [5, 5.41) is 25.0. The van der Waals surface area contributed by atoms with E-state index in [1.807, 2.05) is 47.8 Å². The van der Waals surface area contributed by atoms with E-state index in [0.717, 1.165) is 15.6 Å². The fraction of sp³-hybridized carbons (Fsp3) is 0.125. The molecule has 0 fully saturated rings. The Labute approximate surface area is 125 Å². The van der Waals surface area contributed by atoms with E-state index in [0.29, 0.717) is 5.56 Å². The number of phenols is 1. The average molecular weight is 299 g/mol. The Hall–Kier alpha value is -2.40. The van der Waals surface area contributed by atoms with Gasteiger partial charge in [-0.2, -0.15) is 0 Å². The van der Waals surface area contributed by atoms with Crippen molar-refractivity contribution in [1.29, 1.82) is 0 Å². The highest BCUT2D eigenvalue weighted by Crippen LogP contribution is 2.38. The van der Waals surface area contributed by atoms with Crippen molar-refractivity contribution in [1.82, 2.24) is 0 Å². The van der Waals surface area contributed by atoms with Crippen LogP contribution >= 0.6 is 11.3 Å². The molecule has 1 aromatic heterocycles. The van der Waals surface area contributed by atoms with Crippen LogP contribution in [0.15, 0.2) is 53.9 Å². The molecule has 5 heteroatoms. The van der Waals surface area contributed by atoms with Crippen LogP contribution in [0.3, 0.4) is 0 Å². The molecule has 21 heavy (non-hydrogen) atoms. The van der Waals surface area contributed by atoms with Crippen LogP contribution in [0.25, 0.3) is 10.8 Å². The molecule has 3 rings (SSSR count). The van der Waals surface area contributed by atoms with Gasteiger partial charge in [-0.15, -0.1) is 11.3 Å². The number of fused-ring (bicyclic) bond motifs is 1. The van der Waals surface area contributed by atoms with Gasteiger partial charge < -0.3 is 5.11 Å². The molecule has 0 aliphatic carbocycles. The molecule has 2 aromatic carbocycles. The third kappa shape index (κ3) is 2.60. The van der Waals surface area contributed by atoms with E-state index >= 15 is 0 Å². The number of aromatic hydroxyl groups is 1. The lowest BCUT2D eigenvalue weighted by molar-refractivity contribution is -0.481. The lowest BCUT2D eigenvalue weighted by atomic mass is 9.91. The van der Waals surface area contributed by atoms with Crippen LogP contribution in [-0.4, -0.2) is 16.6 Å². The van der Waals surface area contributed by atoms with Gasteiger partial charge in [0, 0.05) is 15.4 Å². The van der Waals surface area contributed by atoms with E-state index in [4.69, 9.17) is 0 Å². The molecular formula is C16H13NO3S. The summed E-state index contributed by atoms with van der Waals surface area (Å²) in [7, 11) is 0. The molecule has 0 radical (unpaired) electrons. The van der Waals surface area contributed by atoms with E-state index in [1.165, 1.54) is 11.3 Å². The van der Waals surface area contributed by atoms with Crippen LogP contribution in [0.4, 0.5) is 0 Å². The molecule has 106 valence electrons. The van der Waals surface area contributed by atoms with Crippen molar-refractivity contribution in [2.24, 2.45) is 0 Å². The summed E-state index contributed by atoms with van der Waals surface area (Å²) in [5.41, 5.74) is 0.632. The zero-order valence-corrected chi connectivity index (χ0v) is 11.9. The minimum absolute atomic E-state index is 0.106. The van der Waals surface area contributed by atoms with Gasteiger partial charge in [0.1, 0.15) is 5.75 Å². The summed E-state index contributed by atoms with van der Waals surface area (Å²) < 4.78 is 0. The zero-order chi connectivity index (χ0) is 14.8. The topological polar surface area (TPSA) is 63.4 Å². The summed E-state index contributed by atoms with van der Waals surface area (Å²) in [6, 6.07) is 14.8. The lowest BCUT2D eigenvalue weighted by Gasteiger charge is -2.16. The lowest BCUT2D eigenvalue weighted by Crippen LogP contribution is -2.13. The first-order chi connectivity index (χ1) is 10.2. The normalized spacial score (nSPS) is 12.4.